The summed E-state index contributed by atoms with van der Waals surface area (Å²) in [6, 6.07) is 6.82. The Hall–Kier alpha value is -2.04. The number of phenols is 1. The fraction of sp³-hybridized carbons (Fsp3) is 0.333. The van der Waals surface area contributed by atoms with Gasteiger partial charge < -0.3 is 10.0 Å². The van der Waals surface area contributed by atoms with Crippen LogP contribution in [0.2, 0.25) is 0 Å². The lowest BCUT2D eigenvalue weighted by Gasteiger charge is -2.29. The van der Waals surface area contributed by atoms with Crippen LogP contribution in [-0.2, 0) is 11.3 Å². The third kappa shape index (κ3) is 1.95. The van der Waals surface area contributed by atoms with Crippen molar-refractivity contribution in [2.24, 2.45) is 0 Å². The molecule has 1 aliphatic heterocycles. The molecule has 5 heteroatoms. The monoisotopic (exact) mass is 233 g/mol. The maximum atomic E-state index is 11.6. The predicted molar refractivity (Wildman–Crippen MR) is 63.6 cm³/mol. The van der Waals surface area contributed by atoms with Crippen molar-refractivity contribution in [3.8, 4) is 5.75 Å². The fourth-order valence-corrected chi connectivity index (χ4v) is 1.84. The molecule has 1 amide bonds. The maximum absolute atomic E-state index is 11.6. The SMILES string of the molecule is CC1(C)C(=O)NC(=N)N1Cc1cccc(O)c1. The largest absolute Gasteiger partial charge is 0.508 e. The van der Waals surface area contributed by atoms with Gasteiger partial charge in [0.05, 0.1) is 0 Å². The van der Waals surface area contributed by atoms with Gasteiger partial charge in [-0.25, -0.2) is 0 Å². The van der Waals surface area contributed by atoms with Crippen molar-refractivity contribution in [2.75, 3.05) is 0 Å². The molecule has 1 aliphatic rings. The highest BCUT2D eigenvalue weighted by Gasteiger charge is 2.43. The number of amides is 1. The molecule has 2 rings (SSSR count). The molecule has 1 saturated heterocycles. The van der Waals surface area contributed by atoms with Crippen LogP contribution in [0.15, 0.2) is 24.3 Å². The van der Waals surface area contributed by atoms with Gasteiger partial charge in [0.2, 0.25) is 0 Å². The molecule has 17 heavy (non-hydrogen) atoms. The van der Waals surface area contributed by atoms with Crippen LogP contribution in [0.4, 0.5) is 0 Å². The molecular weight excluding hydrogens is 218 g/mol. The first kappa shape index (κ1) is 11.4. The Morgan fingerprint density at radius 3 is 2.71 bits per heavy atom. The van der Waals surface area contributed by atoms with Crippen LogP contribution in [0, 0.1) is 5.41 Å². The van der Waals surface area contributed by atoms with E-state index < -0.39 is 5.54 Å². The molecule has 0 aromatic heterocycles. The van der Waals surface area contributed by atoms with E-state index >= 15 is 0 Å². The second-order valence-corrected chi connectivity index (χ2v) is 4.62. The zero-order valence-corrected chi connectivity index (χ0v) is 9.82. The first-order valence-corrected chi connectivity index (χ1v) is 5.37. The second kappa shape index (κ2) is 3.76. The number of hydrogen-bond acceptors (Lipinski definition) is 3. The summed E-state index contributed by atoms with van der Waals surface area (Å²) in [5.74, 6) is 0.108. The van der Waals surface area contributed by atoms with Crippen LogP contribution in [0.5, 0.6) is 5.75 Å². The standard InChI is InChI=1S/C12H15N3O2/c1-12(2)10(17)14-11(13)15(12)7-8-4-3-5-9(16)6-8/h3-6,16H,7H2,1-2H3,(H2,13,14,17). The number of guanidine groups is 1. The van der Waals surface area contributed by atoms with Gasteiger partial charge in [0.15, 0.2) is 5.96 Å². The summed E-state index contributed by atoms with van der Waals surface area (Å²) in [4.78, 5) is 13.3. The molecule has 0 saturated carbocycles. The normalized spacial score (nSPS) is 18.4. The van der Waals surface area contributed by atoms with E-state index in [1.807, 2.05) is 6.07 Å². The lowest BCUT2D eigenvalue weighted by molar-refractivity contribution is -0.125. The highest BCUT2D eigenvalue weighted by molar-refractivity contribution is 6.07. The Labute approximate surface area is 99.6 Å². The number of carbonyl (C=O) groups is 1. The van der Waals surface area contributed by atoms with Gasteiger partial charge in [-0.1, -0.05) is 12.1 Å². The molecule has 0 radical (unpaired) electrons. The van der Waals surface area contributed by atoms with E-state index in [4.69, 9.17) is 5.41 Å². The molecule has 0 atom stereocenters. The topological polar surface area (TPSA) is 76.4 Å². The molecule has 1 aromatic carbocycles. The third-order valence-corrected chi connectivity index (χ3v) is 2.98. The number of hydrogen-bond donors (Lipinski definition) is 3. The van der Waals surface area contributed by atoms with Crippen LogP contribution in [0.3, 0.4) is 0 Å². The van der Waals surface area contributed by atoms with Gasteiger partial charge in [-0.15, -0.1) is 0 Å². The van der Waals surface area contributed by atoms with Crippen molar-refractivity contribution < 1.29 is 9.90 Å². The van der Waals surface area contributed by atoms with E-state index in [-0.39, 0.29) is 17.6 Å². The van der Waals surface area contributed by atoms with Crippen molar-refractivity contribution in [1.29, 1.82) is 5.41 Å². The number of benzene rings is 1. The smallest absolute Gasteiger partial charge is 0.252 e. The molecule has 0 spiro atoms. The maximum Gasteiger partial charge on any atom is 0.252 e. The zero-order valence-electron chi connectivity index (χ0n) is 9.82. The molecule has 0 bridgehead atoms. The lowest BCUT2D eigenvalue weighted by Crippen LogP contribution is -2.43. The van der Waals surface area contributed by atoms with Crippen LogP contribution < -0.4 is 5.32 Å². The molecule has 0 aliphatic carbocycles. The average Bonchev–Trinajstić information content (AvgIpc) is 2.42. The molecule has 0 unspecified atom stereocenters. The quantitative estimate of drug-likeness (QED) is 0.714. The Morgan fingerprint density at radius 1 is 1.47 bits per heavy atom. The van der Waals surface area contributed by atoms with Crippen molar-refractivity contribution in [1.82, 2.24) is 10.2 Å². The van der Waals surface area contributed by atoms with E-state index in [1.165, 1.54) is 0 Å². The lowest BCUT2D eigenvalue weighted by atomic mass is 10.0. The van der Waals surface area contributed by atoms with Gasteiger partial charge in [-0.05, 0) is 31.5 Å². The van der Waals surface area contributed by atoms with E-state index in [0.29, 0.717) is 6.54 Å². The first-order valence-electron chi connectivity index (χ1n) is 5.37. The Morgan fingerprint density at radius 2 is 2.18 bits per heavy atom. The predicted octanol–water partition coefficient (Wildman–Crippen LogP) is 1.04. The van der Waals surface area contributed by atoms with E-state index in [2.05, 4.69) is 5.32 Å². The summed E-state index contributed by atoms with van der Waals surface area (Å²) in [5, 5.41) is 19.6. The number of phenolic OH excluding ortho intramolecular Hbond substituents is 1. The molecule has 5 nitrogen and oxygen atoms in total. The third-order valence-electron chi connectivity index (χ3n) is 2.98. The van der Waals surface area contributed by atoms with Gasteiger partial charge in [0, 0.05) is 6.54 Å². The van der Waals surface area contributed by atoms with E-state index in [0.717, 1.165) is 5.56 Å². The molecule has 1 heterocycles. The molecule has 3 N–H and O–H groups in total. The molecule has 90 valence electrons. The van der Waals surface area contributed by atoms with Crippen molar-refractivity contribution >= 4 is 11.9 Å². The summed E-state index contributed by atoms with van der Waals surface area (Å²) in [7, 11) is 0. The highest BCUT2D eigenvalue weighted by atomic mass is 16.3. The van der Waals surface area contributed by atoms with Crippen LogP contribution in [-0.4, -0.2) is 27.4 Å². The highest BCUT2D eigenvalue weighted by Crippen LogP contribution is 2.23. The average molecular weight is 233 g/mol. The molecule has 1 fully saturated rings. The van der Waals surface area contributed by atoms with Gasteiger partial charge in [0.1, 0.15) is 11.3 Å². The summed E-state index contributed by atoms with van der Waals surface area (Å²) in [5.41, 5.74) is 0.127. The van der Waals surface area contributed by atoms with E-state index in [1.54, 1.807) is 36.9 Å². The van der Waals surface area contributed by atoms with Crippen molar-refractivity contribution in [2.45, 2.75) is 25.9 Å². The molecular formula is C12H15N3O2. The van der Waals surface area contributed by atoms with Crippen LogP contribution in [0.25, 0.3) is 0 Å². The zero-order chi connectivity index (χ0) is 12.6. The summed E-state index contributed by atoms with van der Waals surface area (Å²) < 4.78 is 0. The molecule has 1 aromatic rings. The Balaban J connectivity index is 2.24. The second-order valence-electron chi connectivity index (χ2n) is 4.62. The number of aromatic hydroxyl groups is 1. The minimum Gasteiger partial charge on any atom is -0.508 e. The Kier molecular flexibility index (Phi) is 2.53. The van der Waals surface area contributed by atoms with Gasteiger partial charge in [0.25, 0.3) is 5.91 Å². The van der Waals surface area contributed by atoms with Gasteiger partial charge in [-0.2, -0.15) is 0 Å². The van der Waals surface area contributed by atoms with Gasteiger partial charge in [-0.3, -0.25) is 15.5 Å². The minimum absolute atomic E-state index is 0.100. The number of carbonyl (C=O) groups excluding carboxylic acids is 1. The fourth-order valence-electron chi connectivity index (χ4n) is 1.84. The number of nitrogens with zero attached hydrogens (tertiary/aromatic N) is 1. The van der Waals surface area contributed by atoms with Gasteiger partial charge >= 0.3 is 0 Å². The summed E-state index contributed by atoms with van der Waals surface area (Å²) in [6.07, 6.45) is 0. The van der Waals surface area contributed by atoms with Crippen molar-refractivity contribution in [3.05, 3.63) is 29.8 Å². The van der Waals surface area contributed by atoms with Crippen LogP contribution >= 0.6 is 0 Å². The Bertz CT molecular complexity index is 482. The minimum atomic E-state index is -0.734. The first-order chi connectivity index (χ1) is 7.91. The number of nitrogens with one attached hydrogen (secondary N) is 2. The van der Waals surface area contributed by atoms with Crippen molar-refractivity contribution in [3.63, 3.8) is 0 Å². The number of rotatable bonds is 2. The van der Waals surface area contributed by atoms with Crippen LogP contribution in [0.1, 0.15) is 19.4 Å². The van der Waals surface area contributed by atoms with E-state index in [9.17, 15) is 9.90 Å². The summed E-state index contributed by atoms with van der Waals surface area (Å²) in [6.45, 7) is 3.96. The summed E-state index contributed by atoms with van der Waals surface area (Å²) >= 11 is 0.